The van der Waals surface area contributed by atoms with Gasteiger partial charge in [0.05, 0.1) is 16.4 Å². The van der Waals surface area contributed by atoms with E-state index in [1.807, 2.05) is 0 Å². The predicted octanol–water partition coefficient (Wildman–Crippen LogP) is 5.18. The van der Waals surface area contributed by atoms with Gasteiger partial charge in [0.15, 0.2) is 11.6 Å². The number of ketones is 2. The highest BCUT2D eigenvalue weighted by Crippen LogP contribution is 2.38. The number of nitrogens with one attached hydrogen (secondary N) is 2. The van der Waals surface area contributed by atoms with Gasteiger partial charge >= 0.3 is 6.09 Å². The molecule has 41 heavy (non-hydrogen) atoms. The average Bonchev–Trinajstić information content (AvgIpc) is 3.36. The number of anilines is 2. The number of amides is 1. The molecule has 0 saturated carbocycles. The topological polar surface area (TPSA) is 136 Å². The smallest absolute Gasteiger partial charge is 0.412 e. The molecule has 0 aliphatic carbocycles. The molecular formula is C28H26ClFN4O6S. The van der Waals surface area contributed by atoms with Crippen molar-refractivity contribution < 1.29 is 31.9 Å². The lowest BCUT2D eigenvalue weighted by molar-refractivity contribution is -0.128. The molecular weight excluding hydrogens is 575 g/mol. The van der Waals surface area contributed by atoms with E-state index in [9.17, 15) is 27.2 Å². The Hall–Kier alpha value is -4.03. The third kappa shape index (κ3) is 5.24. The summed E-state index contributed by atoms with van der Waals surface area (Å²) in [4.78, 5) is 39.5. The Morgan fingerprint density at radius 1 is 1.20 bits per heavy atom. The SMILES string of the molecule is CC(C)(C)OC(=O)Nc1ccc2c(c1)S(=O)(=O)N=C(C1C(=O)c3cccn3C(C)(Cc3ccc(F)c(Cl)c3)C1=O)N2. The molecule has 2 aliphatic rings. The lowest BCUT2D eigenvalue weighted by Crippen LogP contribution is -2.55. The van der Waals surface area contributed by atoms with Gasteiger partial charge in [-0.05, 0) is 75.7 Å². The van der Waals surface area contributed by atoms with Gasteiger partial charge in [-0.3, -0.25) is 14.9 Å². The second-order valence-corrected chi connectivity index (χ2v) is 13.0. The second kappa shape index (κ2) is 9.81. The summed E-state index contributed by atoms with van der Waals surface area (Å²) in [6.07, 6.45) is 0.868. The summed E-state index contributed by atoms with van der Waals surface area (Å²) in [5, 5.41) is 5.21. The van der Waals surface area contributed by atoms with E-state index < -0.39 is 50.6 Å². The van der Waals surface area contributed by atoms with Crippen molar-refractivity contribution >= 4 is 56.5 Å². The minimum absolute atomic E-state index is 0.0492. The number of sulfonamides is 1. The largest absolute Gasteiger partial charge is 0.444 e. The molecule has 2 aromatic carbocycles. The van der Waals surface area contributed by atoms with Gasteiger partial charge in [-0.1, -0.05) is 17.7 Å². The molecule has 3 heterocycles. The lowest BCUT2D eigenvalue weighted by Gasteiger charge is -2.39. The Bertz CT molecular complexity index is 1760. The molecule has 1 amide bonds. The van der Waals surface area contributed by atoms with Crippen molar-refractivity contribution in [1.82, 2.24) is 4.57 Å². The maximum Gasteiger partial charge on any atom is 0.412 e. The number of amidine groups is 1. The zero-order valence-electron chi connectivity index (χ0n) is 22.5. The van der Waals surface area contributed by atoms with Gasteiger partial charge < -0.3 is 14.6 Å². The normalized spacial score (nSPS) is 21.3. The van der Waals surface area contributed by atoms with Crippen molar-refractivity contribution in [2.75, 3.05) is 10.6 Å². The summed E-state index contributed by atoms with van der Waals surface area (Å²) in [5.41, 5.74) is -1.15. The van der Waals surface area contributed by atoms with Crippen LogP contribution in [0.1, 0.15) is 43.7 Å². The van der Waals surface area contributed by atoms with Crippen molar-refractivity contribution in [3.8, 4) is 0 Å². The third-order valence-corrected chi connectivity index (χ3v) is 8.40. The molecule has 5 rings (SSSR count). The molecule has 0 spiro atoms. The number of fused-ring (bicyclic) bond motifs is 2. The van der Waals surface area contributed by atoms with Gasteiger partial charge in [-0.25, -0.2) is 9.18 Å². The summed E-state index contributed by atoms with van der Waals surface area (Å²) in [5.74, 6) is -3.72. The van der Waals surface area contributed by atoms with Gasteiger partial charge in [0.1, 0.15) is 33.6 Å². The lowest BCUT2D eigenvalue weighted by atomic mass is 9.76. The Balaban J connectivity index is 1.50. The number of aromatic nitrogens is 1. The second-order valence-electron chi connectivity index (χ2n) is 11.0. The molecule has 0 fully saturated rings. The fraction of sp³-hybridized carbons (Fsp3) is 0.286. The number of nitrogens with zero attached hydrogens (tertiary/aromatic N) is 2. The monoisotopic (exact) mass is 600 g/mol. The molecule has 0 bridgehead atoms. The van der Waals surface area contributed by atoms with Crippen LogP contribution in [0.15, 0.2) is 64.0 Å². The molecule has 2 atom stereocenters. The van der Waals surface area contributed by atoms with Gasteiger partial charge in [0, 0.05) is 18.3 Å². The number of carbonyl (C=O) groups excluding carboxylic acids is 3. The van der Waals surface area contributed by atoms with Crippen molar-refractivity contribution in [1.29, 1.82) is 0 Å². The maximum absolute atomic E-state index is 14.1. The molecule has 2 N–H and O–H groups in total. The number of hydrogen-bond acceptors (Lipinski definition) is 7. The van der Waals surface area contributed by atoms with Gasteiger partial charge in [0.2, 0.25) is 0 Å². The van der Waals surface area contributed by atoms with Crippen LogP contribution in [-0.4, -0.2) is 42.1 Å². The number of Topliss-reactive ketones (excluding diaryl/α,β-unsaturated/α-hetero) is 2. The zero-order chi connectivity index (χ0) is 29.9. The molecule has 0 radical (unpaired) electrons. The van der Waals surface area contributed by atoms with Crippen LogP contribution in [-0.2, 0) is 31.5 Å². The van der Waals surface area contributed by atoms with E-state index in [4.69, 9.17) is 16.3 Å². The van der Waals surface area contributed by atoms with Crippen molar-refractivity contribution in [3.05, 3.63) is 76.8 Å². The summed E-state index contributed by atoms with van der Waals surface area (Å²) in [6.45, 7) is 6.69. The highest BCUT2D eigenvalue weighted by molar-refractivity contribution is 7.90. The molecule has 2 aliphatic heterocycles. The van der Waals surface area contributed by atoms with Crippen LogP contribution in [0.3, 0.4) is 0 Å². The highest BCUT2D eigenvalue weighted by Gasteiger charge is 2.51. The quantitative estimate of drug-likeness (QED) is 0.394. The standard InChI is InChI=1S/C28H26ClFN4O6S/c1-27(2,3)40-26(37)31-16-8-10-19-21(13-16)41(38,39)33-25(32-19)22-23(35)20-6-5-11-34(20)28(4,24(22)36)14-15-7-9-18(30)17(29)12-15/h5-13,22H,14H2,1-4H3,(H,31,37)(H,32,33). The summed E-state index contributed by atoms with van der Waals surface area (Å²) in [6, 6.07) is 11.3. The van der Waals surface area contributed by atoms with Crippen LogP contribution in [0.5, 0.6) is 0 Å². The fourth-order valence-corrected chi connectivity index (χ4v) is 6.36. The Labute approximate surface area is 240 Å². The van der Waals surface area contributed by atoms with E-state index in [1.165, 1.54) is 47.0 Å². The van der Waals surface area contributed by atoms with Crippen LogP contribution in [0, 0.1) is 11.7 Å². The molecule has 0 saturated heterocycles. The van der Waals surface area contributed by atoms with E-state index in [2.05, 4.69) is 15.0 Å². The van der Waals surface area contributed by atoms with E-state index in [0.717, 1.165) is 0 Å². The van der Waals surface area contributed by atoms with Crippen LogP contribution in [0.25, 0.3) is 0 Å². The number of halogens is 2. The highest BCUT2D eigenvalue weighted by atomic mass is 35.5. The van der Waals surface area contributed by atoms with Crippen LogP contribution >= 0.6 is 11.6 Å². The first-order valence-corrected chi connectivity index (χ1v) is 14.4. The number of benzene rings is 2. The summed E-state index contributed by atoms with van der Waals surface area (Å²) >= 11 is 5.97. The van der Waals surface area contributed by atoms with Crippen LogP contribution < -0.4 is 10.6 Å². The van der Waals surface area contributed by atoms with Crippen molar-refractivity contribution in [2.45, 2.75) is 50.2 Å². The Morgan fingerprint density at radius 3 is 2.61 bits per heavy atom. The third-order valence-electron chi connectivity index (χ3n) is 6.78. The molecule has 10 nitrogen and oxygen atoms in total. The number of hydrogen-bond donors (Lipinski definition) is 2. The minimum atomic E-state index is -4.39. The van der Waals surface area contributed by atoms with E-state index in [0.29, 0.717) is 5.56 Å². The first-order valence-electron chi connectivity index (χ1n) is 12.6. The number of rotatable bonds is 4. The number of carbonyl (C=O) groups is 3. The Morgan fingerprint density at radius 2 is 1.93 bits per heavy atom. The van der Waals surface area contributed by atoms with E-state index >= 15 is 0 Å². The molecule has 214 valence electrons. The van der Waals surface area contributed by atoms with Gasteiger partial charge in [-0.2, -0.15) is 8.42 Å². The van der Waals surface area contributed by atoms with Crippen LogP contribution in [0.2, 0.25) is 5.02 Å². The summed E-state index contributed by atoms with van der Waals surface area (Å²) < 4.78 is 50.9. The summed E-state index contributed by atoms with van der Waals surface area (Å²) in [7, 11) is -4.39. The van der Waals surface area contributed by atoms with Crippen molar-refractivity contribution in [3.63, 3.8) is 0 Å². The number of ether oxygens (including phenoxy) is 1. The van der Waals surface area contributed by atoms with E-state index in [-0.39, 0.29) is 39.2 Å². The predicted molar refractivity (Wildman–Crippen MR) is 151 cm³/mol. The first kappa shape index (κ1) is 28.5. The minimum Gasteiger partial charge on any atom is -0.444 e. The molecule has 3 aromatic rings. The van der Waals surface area contributed by atoms with Crippen molar-refractivity contribution in [2.24, 2.45) is 10.3 Å². The van der Waals surface area contributed by atoms with Gasteiger partial charge in [0.25, 0.3) is 10.0 Å². The van der Waals surface area contributed by atoms with Gasteiger partial charge in [-0.15, -0.1) is 4.40 Å². The fourth-order valence-electron chi connectivity index (χ4n) is 4.98. The first-order chi connectivity index (χ1) is 19.1. The van der Waals surface area contributed by atoms with E-state index in [1.54, 1.807) is 40.0 Å². The molecule has 2 unspecified atom stereocenters. The molecule has 13 heteroatoms. The maximum atomic E-state index is 14.1. The molecule has 1 aromatic heterocycles. The van der Waals surface area contributed by atoms with Crippen LogP contribution in [0.4, 0.5) is 20.6 Å². The zero-order valence-corrected chi connectivity index (χ0v) is 24.1. The Kier molecular flexibility index (Phi) is 6.82. The average molecular weight is 601 g/mol.